The Hall–Kier alpha value is -5.52. The predicted octanol–water partition coefficient (Wildman–Crippen LogP) is 2.56. The normalized spacial score (nSPS) is 12.9. The van der Waals surface area contributed by atoms with Crippen LogP contribution in [0.15, 0.2) is 59.0 Å². The summed E-state index contributed by atoms with van der Waals surface area (Å²) in [6.07, 6.45) is 1.64. The third kappa shape index (κ3) is 7.16. The molecule has 5 rings (SSSR count). The number of benzene rings is 3. The third-order valence-corrected chi connectivity index (χ3v) is 8.03. The molecule has 2 aromatic rings. The molecule has 1 aliphatic carbocycles. The van der Waals surface area contributed by atoms with Crippen molar-refractivity contribution < 1.29 is 38.3 Å². The van der Waals surface area contributed by atoms with Gasteiger partial charge in [0.05, 0.1) is 12.0 Å². The Morgan fingerprint density at radius 1 is 0.936 bits per heavy atom. The average molecular weight is 641 g/mol. The topological polar surface area (TPSA) is 152 Å². The largest absolute Gasteiger partial charge is 0.545 e. The molecule has 0 aromatic heterocycles. The van der Waals surface area contributed by atoms with Gasteiger partial charge in [-0.3, -0.25) is 14.4 Å². The molecule has 47 heavy (non-hydrogen) atoms. The molecular formula is C35H36N4O8. The van der Waals surface area contributed by atoms with Crippen LogP contribution in [0.3, 0.4) is 0 Å². The molecule has 1 saturated heterocycles. The van der Waals surface area contributed by atoms with Crippen molar-refractivity contribution in [2.24, 2.45) is 0 Å². The van der Waals surface area contributed by atoms with Gasteiger partial charge in [0, 0.05) is 85.4 Å². The van der Waals surface area contributed by atoms with Gasteiger partial charge < -0.3 is 29.4 Å². The molecule has 12 nitrogen and oxygen atoms in total. The first-order valence-electron chi connectivity index (χ1n) is 15.3. The molecule has 0 atom stereocenters. The van der Waals surface area contributed by atoms with Gasteiger partial charge in [0.1, 0.15) is 25.4 Å². The average Bonchev–Trinajstić information content (AvgIpc) is 3.36. The molecule has 0 unspecified atom stereocenters. The van der Waals surface area contributed by atoms with E-state index in [9.17, 15) is 29.1 Å². The Labute approximate surface area is 271 Å². The number of imide groups is 1. The first-order chi connectivity index (χ1) is 22.4. The predicted molar refractivity (Wildman–Crippen MR) is 172 cm³/mol. The van der Waals surface area contributed by atoms with Crippen LogP contribution in [-0.2, 0) is 19.2 Å². The van der Waals surface area contributed by atoms with E-state index in [4.69, 9.17) is 9.25 Å². The molecule has 3 aliphatic rings. The van der Waals surface area contributed by atoms with Crippen molar-refractivity contribution in [2.45, 2.75) is 38.5 Å². The molecular weight excluding hydrogens is 604 g/mol. The monoisotopic (exact) mass is 640 g/mol. The van der Waals surface area contributed by atoms with E-state index in [2.05, 4.69) is 5.32 Å². The van der Waals surface area contributed by atoms with E-state index in [1.165, 1.54) is 6.07 Å². The number of aromatic carboxylic acids is 1. The zero-order valence-electron chi connectivity index (χ0n) is 26.8. The number of hydrogen-bond acceptors (Lipinski definition) is 9. The quantitative estimate of drug-likeness (QED) is 0.113. The van der Waals surface area contributed by atoms with Gasteiger partial charge in [0.15, 0.2) is 0 Å². The van der Waals surface area contributed by atoms with E-state index in [1.807, 2.05) is 74.1 Å². The van der Waals surface area contributed by atoms with Crippen LogP contribution in [0.25, 0.3) is 33.4 Å². The fourth-order valence-corrected chi connectivity index (χ4v) is 5.47. The molecule has 0 saturated carbocycles. The van der Waals surface area contributed by atoms with Crippen molar-refractivity contribution in [3.8, 4) is 22.5 Å². The number of hydrogen-bond donors (Lipinski definition) is 1. The summed E-state index contributed by atoms with van der Waals surface area (Å²) >= 11 is 0. The van der Waals surface area contributed by atoms with Gasteiger partial charge in [-0.05, 0) is 48.7 Å². The highest BCUT2D eigenvalue weighted by atomic mass is 16.7. The molecule has 0 bridgehead atoms. The second-order valence-corrected chi connectivity index (χ2v) is 11.8. The van der Waals surface area contributed by atoms with Gasteiger partial charge >= 0.3 is 5.97 Å². The third-order valence-electron chi connectivity index (χ3n) is 8.03. The maximum Gasteiger partial charge on any atom is 0.333 e. The first kappa shape index (κ1) is 32.9. The summed E-state index contributed by atoms with van der Waals surface area (Å²) in [5.41, 5.74) is 3.28. The van der Waals surface area contributed by atoms with Crippen molar-refractivity contribution in [2.75, 3.05) is 39.6 Å². The summed E-state index contributed by atoms with van der Waals surface area (Å²) in [6, 6.07) is 16.0. The minimum absolute atomic E-state index is 0.0183. The number of nitrogens with one attached hydrogen (secondary N) is 1. The summed E-state index contributed by atoms with van der Waals surface area (Å²) in [5.74, 6) is -3.02. The minimum Gasteiger partial charge on any atom is -0.545 e. The Morgan fingerprint density at radius 2 is 1.66 bits per heavy atom. The van der Waals surface area contributed by atoms with Crippen molar-refractivity contribution in [3.63, 3.8) is 0 Å². The van der Waals surface area contributed by atoms with E-state index >= 15 is 0 Å². The molecule has 0 spiro atoms. The van der Waals surface area contributed by atoms with Gasteiger partial charge in [-0.15, -0.1) is 5.06 Å². The fourth-order valence-electron chi connectivity index (χ4n) is 5.47. The lowest BCUT2D eigenvalue weighted by molar-refractivity contribution is -0.255. The number of carboxylic acid groups (broad SMARTS) is 1. The van der Waals surface area contributed by atoms with Gasteiger partial charge in [-0.2, -0.15) is 0 Å². The van der Waals surface area contributed by atoms with Crippen LogP contribution in [0.4, 0.5) is 5.69 Å². The number of nitrogens with zero attached hydrogens (tertiary/aromatic N) is 3. The number of hydroxylamine groups is 2. The standard InChI is InChI=1S/C35H36N4O8/c1-37(2)22-10-13-25-28(19-22)46-29-20-23(38(3)4)11-14-26(29)33(25)24-12-9-21(18-27(24)35(44)45)34(43)36-17-7-5-6-8-32(42)47-39-30(40)15-16-31(39)41/h9-14,18-20H,5-8,15-17H2,1-4H3,(H-,36,43,44,45). The molecule has 1 N–H and O–H groups in total. The van der Waals surface area contributed by atoms with Crippen LogP contribution >= 0.6 is 0 Å². The summed E-state index contributed by atoms with van der Waals surface area (Å²) in [7, 11) is 7.69. The highest BCUT2D eigenvalue weighted by molar-refractivity contribution is 6.09. The Kier molecular flexibility index (Phi) is 9.69. The molecule has 0 radical (unpaired) electrons. The second kappa shape index (κ2) is 13.9. The number of fused-ring (bicyclic) bond motifs is 2. The molecule has 1 fully saturated rings. The van der Waals surface area contributed by atoms with Gasteiger partial charge in [-0.1, -0.05) is 12.5 Å². The van der Waals surface area contributed by atoms with Crippen molar-refractivity contribution in [1.29, 1.82) is 0 Å². The van der Waals surface area contributed by atoms with E-state index in [0.717, 1.165) is 11.0 Å². The van der Waals surface area contributed by atoms with Crippen LogP contribution in [0.5, 0.6) is 0 Å². The smallest absolute Gasteiger partial charge is 0.333 e. The van der Waals surface area contributed by atoms with E-state index in [1.54, 1.807) is 12.1 Å². The lowest BCUT2D eigenvalue weighted by Crippen LogP contribution is -2.32. The summed E-state index contributed by atoms with van der Waals surface area (Å²) in [6.45, 7) is 0.289. The highest BCUT2D eigenvalue weighted by Crippen LogP contribution is 2.42. The maximum absolute atomic E-state index is 13.0. The van der Waals surface area contributed by atoms with Crippen LogP contribution in [0.1, 0.15) is 59.2 Å². The molecule has 12 heteroatoms. The van der Waals surface area contributed by atoms with Crippen molar-refractivity contribution in [1.82, 2.24) is 15.0 Å². The summed E-state index contributed by atoms with van der Waals surface area (Å²) in [5, 5.41) is 17.4. The van der Waals surface area contributed by atoms with Crippen LogP contribution in [-0.4, -0.2) is 69.5 Å². The number of anilines is 1. The number of carboxylic acids is 1. The van der Waals surface area contributed by atoms with E-state index in [-0.39, 0.29) is 36.9 Å². The second-order valence-electron chi connectivity index (χ2n) is 11.8. The van der Waals surface area contributed by atoms with Crippen LogP contribution in [0, 0.1) is 0 Å². The number of rotatable bonds is 11. The fraction of sp³-hybridized carbons (Fsp3) is 0.314. The zero-order valence-corrected chi connectivity index (χ0v) is 26.8. The molecule has 2 aromatic carbocycles. The highest BCUT2D eigenvalue weighted by Gasteiger charge is 2.32. The number of carbonyl (C=O) groups is 5. The first-order valence-corrected chi connectivity index (χ1v) is 15.3. The van der Waals surface area contributed by atoms with Crippen LogP contribution < -0.4 is 25.3 Å². The summed E-state index contributed by atoms with van der Waals surface area (Å²) < 4.78 is 8.29. The SMILES string of the molecule is CN(C)c1ccc2c(-c3ccc(C(=O)NCCCCCC(=O)ON4C(=O)CCC4=O)cc3C(=O)[O-])c3ccc(=[N+](C)C)cc-3oc2c1. The number of amides is 3. The van der Waals surface area contributed by atoms with Gasteiger partial charge in [-0.25, -0.2) is 9.37 Å². The van der Waals surface area contributed by atoms with E-state index < -0.39 is 29.7 Å². The molecule has 2 aliphatic heterocycles. The Balaban J connectivity index is 1.33. The lowest BCUT2D eigenvalue weighted by Gasteiger charge is -2.20. The lowest BCUT2D eigenvalue weighted by atomic mass is 9.89. The zero-order chi connectivity index (χ0) is 33.8. The number of unbranched alkanes of at least 4 members (excludes halogenated alkanes) is 2. The molecule has 3 amide bonds. The number of carbonyl (C=O) groups excluding carboxylic acids is 5. The molecule has 244 valence electrons. The van der Waals surface area contributed by atoms with Crippen molar-refractivity contribution >= 4 is 46.3 Å². The van der Waals surface area contributed by atoms with E-state index in [0.29, 0.717) is 57.7 Å². The van der Waals surface area contributed by atoms with Crippen molar-refractivity contribution in [3.05, 3.63) is 71.1 Å². The minimum atomic E-state index is -1.42. The molecule has 2 heterocycles. The Morgan fingerprint density at radius 3 is 2.34 bits per heavy atom. The summed E-state index contributed by atoms with van der Waals surface area (Å²) in [4.78, 5) is 67.4. The maximum atomic E-state index is 13.0. The Bertz CT molecular complexity index is 1920. The van der Waals surface area contributed by atoms with Gasteiger partial charge in [0.25, 0.3) is 17.7 Å². The van der Waals surface area contributed by atoms with Crippen LogP contribution in [0.2, 0.25) is 0 Å². The van der Waals surface area contributed by atoms with Gasteiger partial charge in [0.2, 0.25) is 5.36 Å².